The number of H-pyrrole nitrogens is 1. The van der Waals surface area contributed by atoms with Crippen LogP contribution in [-0.2, 0) is 6.61 Å². The number of nitrogens with one attached hydrogen (secondary N) is 1. The van der Waals surface area contributed by atoms with Crippen LogP contribution in [0, 0.1) is 0 Å². The molecule has 130 valence electrons. The number of hydrogen-bond acceptors (Lipinski definition) is 4. The van der Waals surface area contributed by atoms with Gasteiger partial charge in [-0.05, 0) is 11.6 Å². The lowest BCUT2D eigenvalue weighted by atomic mass is 9.99. The summed E-state index contributed by atoms with van der Waals surface area (Å²) in [6.45, 7) is 3.81. The molecule has 2 N–H and O–H groups in total. The van der Waals surface area contributed by atoms with Crippen LogP contribution in [0.15, 0.2) is 48.5 Å². The summed E-state index contributed by atoms with van der Waals surface area (Å²) in [6, 6.07) is 14.3. The number of carbonyl (C=O) groups excluding carboxylic acids is 2. The summed E-state index contributed by atoms with van der Waals surface area (Å²) in [5.74, 6) is -0.319. The first-order chi connectivity index (χ1) is 12.2. The van der Waals surface area contributed by atoms with Crippen LogP contribution in [0.2, 0.25) is 0 Å². The molecular weight excluding hydrogens is 316 g/mol. The van der Waals surface area contributed by atoms with E-state index in [1.165, 1.54) is 0 Å². The fourth-order valence-electron chi connectivity index (χ4n) is 2.59. The van der Waals surface area contributed by atoms with E-state index in [1.807, 2.05) is 38.1 Å². The molecule has 0 aliphatic carbocycles. The fourth-order valence-corrected chi connectivity index (χ4v) is 2.59. The Morgan fingerprint density at radius 2 is 1.60 bits per heavy atom. The molecule has 0 saturated carbocycles. The number of aromatic amines is 1. The summed E-state index contributed by atoms with van der Waals surface area (Å²) in [7, 11) is 0. The van der Waals surface area contributed by atoms with Gasteiger partial charge in [0.25, 0.3) is 0 Å². The maximum absolute atomic E-state index is 12.3. The Balaban J connectivity index is 0.00000109. The highest BCUT2D eigenvalue weighted by Gasteiger charge is 2.17. The smallest absolute Gasteiger partial charge is 0.184 e. The molecule has 0 spiro atoms. The van der Waals surface area contributed by atoms with E-state index in [4.69, 9.17) is 0 Å². The lowest BCUT2D eigenvalue weighted by molar-refractivity contribution is 0.0914. The number of Topliss-reactive ketones (excluding diaryl/α,β-unsaturated/α-hetero) is 2. The average Bonchev–Trinajstić information content (AvgIpc) is 3.11. The zero-order chi connectivity index (χ0) is 18.2. The van der Waals surface area contributed by atoms with Gasteiger partial charge in [-0.1, -0.05) is 56.3 Å². The van der Waals surface area contributed by atoms with Crippen molar-refractivity contribution in [3.05, 3.63) is 65.4 Å². The van der Waals surface area contributed by atoms with Crippen LogP contribution in [0.4, 0.5) is 0 Å². The SMILES string of the molecule is CC.O=C(CCC(=O)c1n[nH]c2ccccc12)c1ccccc1CO. The van der Waals surface area contributed by atoms with Crippen LogP contribution in [-0.4, -0.2) is 26.9 Å². The summed E-state index contributed by atoms with van der Waals surface area (Å²) in [5, 5.41) is 16.9. The maximum Gasteiger partial charge on any atom is 0.184 e. The quantitative estimate of drug-likeness (QED) is 0.667. The van der Waals surface area contributed by atoms with Crippen molar-refractivity contribution < 1.29 is 14.7 Å². The van der Waals surface area contributed by atoms with Crippen LogP contribution < -0.4 is 0 Å². The molecule has 0 aliphatic rings. The van der Waals surface area contributed by atoms with Crippen LogP contribution in [0.1, 0.15) is 53.1 Å². The molecule has 0 fully saturated rings. The predicted octanol–water partition coefficient (Wildman–Crippen LogP) is 3.93. The Labute approximate surface area is 146 Å². The highest BCUT2D eigenvalue weighted by molar-refractivity contribution is 6.08. The van der Waals surface area contributed by atoms with Crippen molar-refractivity contribution in [3.8, 4) is 0 Å². The Kier molecular flexibility index (Phi) is 6.60. The van der Waals surface area contributed by atoms with Crippen molar-refractivity contribution >= 4 is 22.5 Å². The van der Waals surface area contributed by atoms with Gasteiger partial charge in [0.05, 0.1) is 12.1 Å². The van der Waals surface area contributed by atoms with Crippen molar-refractivity contribution in [1.29, 1.82) is 0 Å². The minimum atomic E-state index is -0.195. The number of carbonyl (C=O) groups is 2. The molecule has 0 unspecified atom stereocenters. The van der Waals surface area contributed by atoms with E-state index in [-0.39, 0.29) is 31.0 Å². The lowest BCUT2D eigenvalue weighted by Gasteiger charge is -2.05. The van der Waals surface area contributed by atoms with Crippen molar-refractivity contribution in [1.82, 2.24) is 10.2 Å². The number of rotatable bonds is 6. The zero-order valence-electron chi connectivity index (χ0n) is 14.5. The van der Waals surface area contributed by atoms with Gasteiger partial charge < -0.3 is 5.11 Å². The van der Waals surface area contributed by atoms with E-state index in [0.717, 1.165) is 10.9 Å². The van der Waals surface area contributed by atoms with Crippen LogP contribution in [0.25, 0.3) is 10.9 Å². The number of benzene rings is 2. The second-order valence-corrected chi connectivity index (χ2v) is 5.28. The molecule has 0 atom stereocenters. The number of aromatic nitrogens is 2. The summed E-state index contributed by atoms with van der Waals surface area (Å²) < 4.78 is 0. The number of ketones is 2. The maximum atomic E-state index is 12.3. The highest BCUT2D eigenvalue weighted by atomic mass is 16.3. The van der Waals surface area contributed by atoms with E-state index < -0.39 is 0 Å². The van der Waals surface area contributed by atoms with Gasteiger partial charge in [-0.2, -0.15) is 5.10 Å². The average molecular weight is 338 g/mol. The molecule has 5 nitrogen and oxygen atoms in total. The van der Waals surface area contributed by atoms with Gasteiger partial charge in [0, 0.05) is 23.8 Å². The van der Waals surface area contributed by atoms with Crippen LogP contribution in [0.3, 0.4) is 0 Å². The second-order valence-electron chi connectivity index (χ2n) is 5.28. The first kappa shape index (κ1) is 18.5. The Morgan fingerprint density at radius 3 is 2.36 bits per heavy atom. The molecule has 3 rings (SSSR count). The molecule has 3 aromatic rings. The van der Waals surface area contributed by atoms with Crippen molar-refractivity contribution in [2.45, 2.75) is 33.3 Å². The molecule has 2 aromatic carbocycles. The standard InChI is InChI=1S/C18H16N2O3.C2H6/c21-11-12-5-1-2-6-13(12)16(22)9-10-17(23)18-14-7-3-4-8-15(14)19-20-18;1-2/h1-8,21H,9-11H2,(H,19,20);1-2H3. The highest BCUT2D eigenvalue weighted by Crippen LogP contribution is 2.18. The van der Waals surface area contributed by atoms with Gasteiger partial charge in [0.2, 0.25) is 0 Å². The zero-order valence-corrected chi connectivity index (χ0v) is 14.5. The summed E-state index contributed by atoms with van der Waals surface area (Å²) in [6.07, 6.45) is 0.185. The number of para-hydroxylation sites is 1. The van der Waals surface area contributed by atoms with Gasteiger partial charge in [-0.3, -0.25) is 14.7 Å². The lowest BCUT2D eigenvalue weighted by Crippen LogP contribution is -2.08. The normalized spacial score (nSPS) is 10.2. The third-order valence-corrected chi connectivity index (χ3v) is 3.80. The van der Waals surface area contributed by atoms with Crippen molar-refractivity contribution in [2.24, 2.45) is 0 Å². The molecule has 5 heteroatoms. The molecule has 0 amide bonds. The molecule has 25 heavy (non-hydrogen) atoms. The molecule has 0 saturated heterocycles. The summed E-state index contributed by atoms with van der Waals surface area (Å²) in [4.78, 5) is 24.6. The Hall–Kier alpha value is -2.79. The minimum absolute atomic E-state index is 0.0907. The van der Waals surface area contributed by atoms with E-state index in [9.17, 15) is 14.7 Å². The van der Waals surface area contributed by atoms with Gasteiger partial charge in [0.1, 0.15) is 5.69 Å². The summed E-state index contributed by atoms with van der Waals surface area (Å²) in [5.41, 5.74) is 2.21. The van der Waals surface area contributed by atoms with Gasteiger partial charge in [-0.25, -0.2) is 0 Å². The number of fused-ring (bicyclic) bond motifs is 1. The van der Waals surface area contributed by atoms with E-state index in [1.54, 1.807) is 24.3 Å². The van der Waals surface area contributed by atoms with Gasteiger partial charge >= 0.3 is 0 Å². The first-order valence-electron chi connectivity index (χ1n) is 8.39. The van der Waals surface area contributed by atoms with Crippen molar-refractivity contribution in [2.75, 3.05) is 0 Å². The number of hydrogen-bond donors (Lipinski definition) is 2. The van der Waals surface area contributed by atoms with E-state index in [2.05, 4.69) is 10.2 Å². The van der Waals surface area contributed by atoms with Crippen LogP contribution >= 0.6 is 0 Å². The van der Waals surface area contributed by atoms with Crippen LogP contribution in [0.5, 0.6) is 0 Å². The molecule has 0 radical (unpaired) electrons. The van der Waals surface area contributed by atoms with E-state index in [0.29, 0.717) is 16.8 Å². The Morgan fingerprint density at radius 1 is 0.960 bits per heavy atom. The van der Waals surface area contributed by atoms with E-state index >= 15 is 0 Å². The third kappa shape index (κ3) is 4.19. The first-order valence-corrected chi connectivity index (χ1v) is 8.39. The molecule has 1 aromatic heterocycles. The monoisotopic (exact) mass is 338 g/mol. The Bertz CT molecular complexity index is 868. The molecule has 0 bridgehead atoms. The topological polar surface area (TPSA) is 83.0 Å². The number of nitrogens with zero attached hydrogens (tertiary/aromatic N) is 1. The second kappa shape index (κ2) is 8.89. The molecule has 1 heterocycles. The fraction of sp³-hybridized carbons (Fsp3) is 0.250. The third-order valence-electron chi connectivity index (χ3n) is 3.80. The largest absolute Gasteiger partial charge is 0.392 e. The predicted molar refractivity (Wildman–Crippen MR) is 97.7 cm³/mol. The number of aliphatic hydroxyl groups is 1. The number of aliphatic hydroxyl groups excluding tert-OH is 1. The summed E-state index contributed by atoms with van der Waals surface area (Å²) >= 11 is 0. The van der Waals surface area contributed by atoms with Crippen molar-refractivity contribution in [3.63, 3.8) is 0 Å². The van der Waals surface area contributed by atoms with Gasteiger partial charge in [-0.15, -0.1) is 0 Å². The minimum Gasteiger partial charge on any atom is -0.392 e. The van der Waals surface area contributed by atoms with Gasteiger partial charge in [0.15, 0.2) is 11.6 Å². The molecular formula is C20H22N2O3. The molecule has 0 aliphatic heterocycles.